The van der Waals surface area contributed by atoms with Crippen LogP contribution in [0, 0.1) is 0 Å². The van der Waals surface area contributed by atoms with Gasteiger partial charge in [0.15, 0.2) is 0 Å². The van der Waals surface area contributed by atoms with Crippen LogP contribution in [-0.4, -0.2) is 31.2 Å². The maximum Gasteiger partial charge on any atom is 1.00 e. The summed E-state index contributed by atoms with van der Waals surface area (Å²) in [5.74, 6) is -0.652. The second-order valence-corrected chi connectivity index (χ2v) is 3.62. The van der Waals surface area contributed by atoms with Gasteiger partial charge in [-0.3, -0.25) is 4.79 Å². The van der Waals surface area contributed by atoms with E-state index in [1.807, 2.05) is 0 Å². The molecule has 0 aliphatic carbocycles. The summed E-state index contributed by atoms with van der Waals surface area (Å²) in [6.45, 7) is 1.56. The molecule has 0 saturated carbocycles. The van der Waals surface area contributed by atoms with E-state index in [2.05, 4.69) is 5.32 Å². The Balaban J connectivity index is 0. The molecule has 0 radical (unpaired) electrons. The Morgan fingerprint density at radius 1 is 1.50 bits per heavy atom. The van der Waals surface area contributed by atoms with Crippen molar-refractivity contribution in [2.75, 3.05) is 12.3 Å². The van der Waals surface area contributed by atoms with Crippen LogP contribution in [0.2, 0.25) is 0 Å². The van der Waals surface area contributed by atoms with Crippen molar-refractivity contribution in [3.05, 3.63) is 0 Å². The Morgan fingerprint density at radius 3 is 2.33 bits per heavy atom. The van der Waals surface area contributed by atoms with Crippen LogP contribution in [-0.2, 0) is 14.9 Å². The van der Waals surface area contributed by atoms with E-state index in [1.165, 1.54) is 6.92 Å². The van der Waals surface area contributed by atoms with Crippen LogP contribution in [0.5, 0.6) is 0 Å². The Hall–Kier alpha value is 0.380. The van der Waals surface area contributed by atoms with Crippen molar-refractivity contribution in [3.8, 4) is 0 Å². The Kier molecular flexibility index (Phi) is 8.49. The van der Waals surface area contributed by atoms with Gasteiger partial charge < -0.3 is 9.87 Å². The van der Waals surface area contributed by atoms with Crippen molar-refractivity contribution in [2.45, 2.75) is 13.3 Å². The molecule has 0 aliphatic rings. The standard InChI is InChI=1S/C5H11NO4S.Na/c1-5(7)6-3-2-4-11(8,9)10;/h2-4H2,1H3,(H,6,7)(H,8,9,10);/q;+1/p-1. The fraction of sp³-hybridized carbons (Fsp3) is 0.800. The summed E-state index contributed by atoms with van der Waals surface area (Å²) in [6, 6.07) is 0. The molecule has 1 N–H and O–H groups in total. The Morgan fingerprint density at radius 2 is 2.00 bits per heavy atom. The summed E-state index contributed by atoms with van der Waals surface area (Å²) >= 11 is 0. The van der Waals surface area contributed by atoms with Crippen molar-refractivity contribution in [1.82, 2.24) is 5.32 Å². The Labute approximate surface area is 94.0 Å². The average molecular weight is 203 g/mol. The zero-order chi connectivity index (χ0) is 8.91. The van der Waals surface area contributed by atoms with E-state index in [0.717, 1.165) is 0 Å². The fourth-order valence-electron chi connectivity index (χ4n) is 0.513. The molecule has 0 aromatic heterocycles. The van der Waals surface area contributed by atoms with Gasteiger partial charge in [0.25, 0.3) is 0 Å². The molecule has 1 amide bonds. The molecule has 0 rings (SSSR count). The van der Waals surface area contributed by atoms with Gasteiger partial charge in [-0.15, -0.1) is 0 Å². The van der Waals surface area contributed by atoms with Gasteiger partial charge in [0.2, 0.25) is 5.91 Å². The molecule has 0 heterocycles. The minimum Gasteiger partial charge on any atom is -0.748 e. The Bertz CT molecular complexity index is 226. The summed E-state index contributed by atoms with van der Waals surface area (Å²) in [6.07, 6.45) is 0.172. The van der Waals surface area contributed by atoms with Crippen molar-refractivity contribution < 1.29 is 47.3 Å². The molecule has 5 nitrogen and oxygen atoms in total. The second-order valence-electron chi connectivity index (χ2n) is 2.10. The summed E-state index contributed by atoms with van der Waals surface area (Å²) in [5.41, 5.74) is 0. The average Bonchev–Trinajstić information content (AvgIpc) is 1.78. The fourth-order valence-corrected chi connectivity index (χ4v) is 1.01. The van der Waals surface area contributed by atoms with Crippen LogP contribution >= 0.6 is 0 Å². The minimum atomic E-state index is -4.12. The number of carbonyl (C=O) groups is 1. The molecule has 12 heavy (non-hydrogen) atoms. The van der Waals surface area contributed by atoms with Gasteiger partial charge in [0.1, 0.15) is 0 Å². The van der Waals surface area contributed by atoms with Gasteiger partial charge in [-0.05, 0) is 6.42 Å². The van der Waals surface area contributed by atoms with E-state index in [9.17, 15) is 17.8 Å². The predicted octanol–water partition coefficient (Wildman–Crippen LogP) is -3.94. The summed E-state index contributed by atoms with van der Waals surface area (Å²) in [7, 11) is -4.12. The van der Waals surface area contributed by atoms with E-state index in [1.54, 1.807) is 0 Å². The second kappa shape index (κ2) is 6.85. The molecular formula is C5H10NNaO4S. The van der Waals surface area contributed by atoms with Crippen LogP contribution in [0.25, 0.3) is 0 Å². The van der Waals surface area contributed by atoms with Crippen molar-refractivity contribution in [2.24, 2.45) is 0 Å². The molecule has 0 spiro atoms. The quantitative estimate of drug-likeness (QED) is 0.287. The zero-order valence-corrected chi connectivity index (χ0v) is 9.98. The van der Waals surface area contributed by atoms with Crippen LogP contribution < -0.4 is 34.9 Å². The zero-order valence-electron chi connectivity index (χ0n) is 7.16. The molecule has 0 aliphatic heterocycles. The van der Waals surface area contributed by atoms with Gasteiger partial charge >= 0.3 is 29.6 Å². The molecule has 0 atom stereocenters. The summed E-state index contributed by atoms with van der Waals surface area (Å²) in [4.78, 5) is 10.2. The van der Waals surface area contributed by atoms with E-state index < -0.39 is 15.9 Å². The first-order chi connectivity index (χ1) is 4.92. The molecule has 0 unspecified atom stereocenters. The number of nitrogens with one attached hydrogen (secondary N) is 1. The monoisotopic (exact) mass is 203 g/mol. The van der Waals surface area contributed by atoms with Crippen LogP contribution in [0.1, 0.15) is 13.3 Å². The number of hydrogen-bond acceptors (Lipinski definition) is 4. The first-order valence-electron chi connectivity index (χ1n) is 3.10. The van der Waals surface area contributed by atoms with Gasteiger partial charge in [0, 0.05) is 19.2 Å². The van der Waals surface area contributed by atoms with Gasteiger partial charge in [-0.1, -0.05) is 0 Å². The third-order valence-electron chi connectivity index (χ3n) is 0.945. The smallest absolute Gasteiger partial charge is 0.748 e. The van der Waals surface area contributed by atoms with Crippen LogP contribution in [0.15, 0.2) is 0 Å². The molecule has 0 bridgehead atoms. The van der Waals surface area contributed by atoms with Gasteiger partial charge in [-0.25, -0.2) is 8.42 Å². The van der Waals surface area contributed by atoms with Crippen LogP contribution in [0.3, 0.4) is 0 Å². The number of rotatable bonds is 4. The molecule has 0 aromatic carbocycles. The first kappa shape index (κ1) is 14.9. The van der Waals surface area contributed by atoms with E-state index in [4.69, 9.17) is 0 Å². The first-order valence-corrected chi connectivity index (χ1v) is 4.67. The molecule has 0 saturated heterocycles. The van der Waals surface area contributed by atoms with E-state index in [0.29, 0.717) is 0 Å². The van der Waals surface area contributed by atoms with Crippen LogP contribution in [0.4, 0.5) is 0 Å². The van der Waals surface area contributed by atoms with Crippen molar-refractivity contribution in [3.63, 3.8) is 0 Å². The van der Waals surface area contributed by atoms with E-state index in [-0.39, 0.29) is 48.4 Å². The summed E-state index contributed by atoms with van der Waals surface area (Å²) in [5, 5.41) is 2.38. The van der Waals surface area contributed by atoms with Crippen molar-refractivity contribution >= 4 is 16.0 Å². The maximum atomic E-state index is 10.2. The normalized spacial score (nSPS) is 10.2. The van der Waals surface area contributed by atoms with Gasteiger partial charge in [0.05, 0.1) is 10.1 Å². The predicted molar refractivity (Wildman–Crippen MR) is 37.9 cm³/mol. The summed E-state index contributed by atoms with van der Waals surface area (Å²) < 4.78 is 30.0. The molecule has 7 heteroatoms. The molecule has 0 aromatic rings. The molecule has 0 fully saturated rings. The number of carbonyl (C=O) groups excluding carboxylic acids is 1. The minimum absolute atomic E-state index is 0. The maximum absolute atomic E-state index is 10.2. The topological polar surface area (TPSA) is 86.3 Å². The number of amides is 1. The SMILES string of the molecule is CC(=O)NCCCS(=O)(=O)[O-].[Na+]. The number of hydrogen-bond donors (Lipinski definition) is 1. The molecular weight excluding hydrogens is 193 g/mol. The van der Waals surface area contributed by atoms with Crippen molar-refractivity contribution in [1.29, 1.82) is 0 Å². The van der Waals surface area contributed by atoms with E-state index >= 15 is 0 Å². The molecule has 66 valence electrons. The third kappa shape index (κ3) is 13.0. The third-order valence-corrected chi connectivity index (χ3v) is 1.73. The largest absolute Gasteiger partial charge is 1.00 e. The van der Waals surface area contributed by atoms with Gasteiger partial charge in [-0.2, -0.15) is 0 Å².